The maximum absolute atomic E-state index is 14.3. The van der Waals surface area contributed by atoms with Gasteiger partial charge >= 0.3 is 0 Å². The van der Waals surface area contributed by atoms with E-state index in [0.29, 0.717) is 18.7 Å². The van der Waals surface area contributed by atoms with Gasteiger partial charge in [0.1, 0.15) is 24.0 Å². The van der Waals surface area contributed by atoms with Gasteiger partial charge in [0.25, 0.3) is 0 Å². The van der Waals surface area contributed by atoms with Crippen LogP contribution in [0.5, 0.6) is 0 Å². The highest BCUT2D eigenvalue weighted by atomic mass is 19.1. The lowest BCUT2D eigenvalue weighted by Gasteiger charge is -2.38. The van der Waals surface area contributed by atoms with Crippen molar-refractivity contribution in [1.29, 1.82) is 0 Å². The van der Waals surface area contributed by atoms with Crippen LogP contribution in [0.15, 0.2) is 36.9 Å². The van der Waals surface area contributed by atoms with Gasteiger partial charge in [0.05, 0.1) is 0 Å². The molecule has 3 rings (SSSR count). The second-order valence-corrected chi connectivity index (χ2v) is 5.34. The molecule has 1 fully saturated rings. The molecule has 2 atom stereocenters. The molecule has 1 saturated heterocycles. The molecule has 2 heterocycles. The van der Waals surface area contributed by atoms with Gasteiger partial charge in [-0.3, -0.25) is 0 Å². The first-order valence-corrected chi connectivity index (χ1v) is 6.78. The Balaban J connectivity index is 2.02. The molecule has 2 unspecified atom stereocenters. The summed E-state index contributed by atoms with van der Waals surface area (Å²) in [7, 11) is 0. The molecule has 2 aromatic rings. The first-order chi connectivity index (χ1) is 10.1. The van der Waals surface area contributed by atoms with Crippen molar-refractivity contribution in [1.82, 2.24) is 15.3 Å². The van der Waals surface area contributed by atoms with Crippen LogP contribution >= 0.6 is 0 Å². The van der Waals surface area contributed by atoms with Crippen LogP contribution < -0.4 is 11.1 Å². The summed E-state index contributed by atoms with van der Waals surface area (Å²) < 4.78 is 20.0. The van der Waals surface area contributed by atoms with E-state index < -0.39 is 11.8 Å². The Hall–Kier alpha value is -1.89. The standard InChI is InChI=1S/C15H17FN4O/c1-15(8-18-7-14(17)21-15)12-4-10(2-3-13(12)16)11-5-19-9-20-6-11/h2-6,9,14,18H,7-8,17H2,1H3. The average Bonchev–Trinajstić information content (AvgIpc) is 2.48. The number of nitrogens with zero attached hydrogens (tertiary/aromatic N) is 2. The molecule has 6 heteroatoms. The van der Waals surface area contributed by atoms with Crippen LogP contribution in [0.25, 0.3) is 11.1 Å². The van der Waals surface area contributed by atoms with Crippen LogP contribution in [0.3, 0.4) is 0 Å². The molecule has 3 N–H and O–H groups in total. The minimum atomic E-state index is -0.798. The van der Waals surface area contributed by atoms with E-state index in [4.69, 9.17) is 10.5 Å². The van der Waals surface area contributed by atoms with Gasteiger partial charge in [-0.25, -0.2) is 14.4 Å². The van der Waals surface area contributed by atoms with Gasteiger partial charge in [-0.2, -0.15) is 0 Å². The third kappa shape index (κ3) is 2.78. The molecule has 5 nitrogen and oxygen atoms in total. The summed E-state index contributed by atoms with van der Waals surface area (Å²) in [5.74, 6) is -0.311. The maximum Gasteiger partial charge on any atom is 0.129 e. The molecule has 1 aliphatic rings. The summed E-state index contributed by atoms with van der Waals surface area (Å²) in [6.45, 7) is 2.90. The summed E-state index contributed by atoms with van der Waals surface area (Å²) in [6.07, 6.45) is 4.39. The molecule has 0 amide bonds. The second kappa shape index (κ2) is 5.48. The van der Waals surface area contributed by atoms with E-state index in [1.54, 1.807) is 24.5 Å². The first kappa shape index (κ1) is 14.1. The summed E-state index contributed by atoms with van der Waals surface area (Å²) in [5, 5.41) is 3.17. The van der Waals surface area contributed by atoms with Crippen molar-refractivity contribution in [2.24, 2.45) is 5.73 Å². The zero-order chi connectivity index (χ0) is 14.9. The number of halogens is 1. The van der Waals surface area contributed by atoms with Crippen molar-refractivity contribution in [2.45, 2.75) is 18.8 Å². The number of nitrogens with two attached hydrogens (primary N) is 1. The number of benzene rings is 1. The minimum Gasteiger partial charge on any atom is -0.350 e. The molecule has 110 valence electrons. The van der Waals surface area contributed by atoms with Crippen molar-refractivity contribution < 1.29 is 9.13 Å². The lowest BCUT2D eigenvalue weighted by Crippen LogP contribution is -2.53. The Morgan fingerprint density at radius 3 is 2.81 bits per heavy atom. The van der Waals surface area contributed by atoms with Crippen LogP contribution in [0.4, 0.5) is 4.39 Å². The Labute approximate surface area is 122 Å². The fourth-order valence-corrected chi connectivity index (χ4v) is 2.59. The second-order valence-electron chi connectivity index (χ2n) is 5.34. The lowest BCUT2D eigenvalue weighted by atomic mass is 9.91. The van der Waals surface area contributed by atoms with Crippen molar-refractivity contribution in [3.8, 4) is 11.1 Å². The molecule has 0 spiro atoms. The van der Waals surface area contributed by atoms with Gasteiger partial charge in [-0.05, 0) is 24.6 Å². The summed E-state index contributed by atoms with van der Waals surface area (Å²) >= 11 is 0. The quantitative estimate of drug-likeness (QED) is 0.874. The Morgan fingerprint density at radius 1 is 1.33 bits per heavy atom. The predicted octanol–water partition coefficient (Wildman–Crippen LogP) is 1.40. The van der Waals surface area contributed by atoms with Crippen LogP contribution in [0.1, 0.15) is 12.5 Å². The summed E-state index contributed by atoms with van der Waals surface area (Å²) in [4.78, 5) is 7.97. The largest absolute Gasteiger partial charge is 0.350 e. The summed E-state index contributed by atoms with van der Waals surface area (Å²) in [6, 6.07) is 4.91. The average molecular weight is 288 g/mol. The fraction of sp³-hybridized carbons (Fsp3) is 0.333. The number of hydrogen-bond donors (Lipinski definition) is 2. The van der Waals surface area contributed by atoms with Crippen LogP contribution in [-0.4, -0.2) is 29.3 Å². The molecule has 21 heavy (non-hydrogen) atoms. The van der Waals surface area contributed by atoms with Gasteiger partial charge in [0.15, 0.2) is 0 Å². The third-order valence-electron chi connectivity index (χ3n) is 3.65. The smallest absolute Gasteiger partial charge is 0.129 e. The fourth-order valence-electron chi connectivity index (χ4n) is 2.59. The molecule has 0 radical (unpaired) electrons. The van der Waals surface area contributed by atoms with Gasteiger partial charge in [0, 0.05) is 36.6 Å². The molecule has 0 saturated carbocycles. The highest BCUT2D eigenvalue weighted by molar-refractivity contribution is 5.62. The van der Waals surface area contributed by atoms with Crippen molar-refractivity contribution >= 4 is 0 Å². The monoisotopic (exact) mass is 288 g/mol. The highest BCUT2D eigenvalue weighted by Crippen LogP contribution is 2.32. The van der Waals surface area contributed by atoms with E-state index >= 15 is 0 Å². The van der Waals surface area contributed by atoms with Gasteiger partial charge in [-0.15, -0.1) is 0 Å². The number of ether oxygens (including phenoxy) is 1. The number of nitrogens with one attached hydrogen (secondary N) is 1. The molecule has 1 aromatic carbocycles. The zero-order valence-electron chi connectivity index (χ0n) is 11.7. The van der Waals surface area contributed by atoms with Gasteiger partial charge in [-0.1, -0.05) is 6.07 Å². The normalized spacial score (nSPS) is 25.8. The number of rotatable bonds is 2. The van der Waals surface area contributed by atoms with Crippen molar-refractivity contribution in [2.75, 3.05) is 13.1 Å². The van der Waals surface area contributed by atoms with E-state index in [1.807, 2.05) is 6.92 Å². The van der Waals surface area contributed by atoms with E-state index in [0.717, 1.165) is 11.1 Å². The minimum absolute atomic E-state index is 0.311. The van der Waals surface area contributed by atoms with Crippen LogP contribution in [0, 0.1) is 5.82 Å². The van der Waals surface area contributed by atoms with Crippen LogP contribution in [0.2, 0.25) is 0 Å². The van der Waals surface area contributed by atoms with E-state index in [9.17, 15) is 4.39 Å². The molecule has 0 bridgehead atoms. The Morgan fingerprint density at radius 2 is 2.10 bits per heavy atom. The molecule has 1 aliphatic heterocycles. The number of morpholine rings is 1. The topological polar surface area (TPSA) is 73.1 Å². The highest BCUT2D eigenvalue weighted by Gasteiger charge is 2.35. The number of hydrogen-bond acceptors (Lipinski definition) is 5. The van der Waals surface area contributed by atoms with Gasteiger partial charge in [0.2, 0.25) is 0 Å². The maximum atomic E-state index is 14.3. The van der Waals surface area contributed by atoms with Gasteiger partial charge < -0.3 is 15.8 Å². The Bertz CT molecular complexity index is 637. The number of aromatic nitrogens is 2. The van der Waals surface area contributed by atoms with E-state index in [2.05, 4.69) is 15.3 Å². The van der Waals surface area contributed by atoms with E-state index in [-0.39, 0.29) is 5.82 Å². The third-order valence-corrected chi connectivity index (χ3v) is 3.65. The predicted molar refractivity (Wildman–Crippen MR) is 76.7 cm³/mol. The molecule has 0 aliphatic carbocycles. The molecule has 1 aromatic heterocycles. The SMILES string of the molecule is CC1(c2cc(-c3cncnc3)ccc2F)CNCC(N)O1. The Kier molecular flexibility index (Phi) is 3.67. The summed E-state index contributed by atoms with van der Waals surface area (Å²) in [5.41, 5.74) is 7.17. The van der Waals surface area contributed by atoms with Crippen molar-refractivity contribution in [3.63, 3.8) is 0 Å². The zero-order valence-corrected chi connectivity index (χ0v) is 11.7. The van der Waals surface area contributed by atoms with E-state index in [1.165, 1.54) is 12.4 Å². The molecular formula is C15H17FN4O. The first-order valence-electron chi connectivity index (χ1n) is 6.78. The lowest BCUT2D eigenvalue weighted by molar-refractivity contribution is -0.109. The van der Waals surface area contributed by atoms with Crippen molar-refractivity contribution in [3.05, 3.63) is 48.3 Å². The van der Waals surface area contributed by atoms with Crippen LogP contribution in [-0.2, 0) is 10.3 Å². The molecular weight excluding hydrogens is 271 g/mol.